The monoisotopic (exact) mass is 202 g/mol. The largest absolute Gasteiger partial charge is 0.0683 e. The van der Waals surface area contributed by atoms with Crippen molar-refractivity contribution in [1.29, 1.82) is 0 Å². The minimum absolute atomic E-state index is 0.991. The van der Waals surface area contributed by atoms with Crippen LogP contribution in [-0.4, -0.2) is 0 Å². The molecule has 1 aliphatic carbocycles. The van der Waals surface area contributed by atoms with Crippen LogP contribution in [0.5, 0.6) is 0 Å². The summed E-state index contributed by atoms with van der Waals surface area (Å²) in [5.74, 6) is 2.98. The van der Waals surface area contributed by atoms with E-state index in [4.69, 9.17) is 0 Å². The van der Waals surface area contributed by atoms with Crippen molar-refractivity contribution >= 4 is 0 Å². The molecule has 0 heterocycles. The van der Waals surface area contributed by atoms with Crippen LogP contribution in [0.1, 0.15) is 75.2 Å². The highest BCUT2D eigenvalue weighted by molar-refractivity contribution is 4.74. The highest BCUT2D eigenvalue weighted by Crippen LogP contribution is 2.34. The molecule has 2 atom stereocenters. The molecule has 0 heteroatoms. The molecule has 1 rings (SSSR count). The smallest absolute Gasteiger partial charge is 0.0414 e. The summed E-state index contributed by atoms with van der Waals surface area (Å²) in [4.78, 5) is 0. The molecule has 0 radical (unpaired) electrons. The third-order valence-electron chi connectivity index (χ3n) is 2.52. The van der Waals surface area contributed by atoms with Gasteiger partial charge in [-0.15, -0.1) is 0 Å². The van der Waals surface area contributed by atoms with Gasteiger partial charge in [0.2, 0.25) is 0 Å². The highest BCUT2D eigenvalue weighted by Gasteiger charge is 2.24. The summed E-state index contributed by atoms with van der Waals surface area (Å²) in [6.45, 7) is 19.1. The molecule has 0 aliphatic heterocycles. The van der Waals surface area contributed by atoms with E-state index >= 15 is 0 Å². The van der Waals surface area contributed by atoms with Crippen molar-refractivity contribution < 1.29 is 0 Å². The molecule has 0 amide bonds. The Morgan fingerprint density at radius 2 is 0.786 bits per heavy atom. The molecule has 0 nitrogen and oxygen atoms in total. The fraction of sp³-hybridized carbons (Fsp3) is 1.00. The zero-order valence-corrected chi connectivity index (χ0v) is 12.1. The van der Waals surface area contributed by atoms with Crippen molar-refractivity contribution in [2.24, 2.45) is 17.8 Å². The van der Waals surface area contributed by atoms with Crippen molar-refractivity contribution in [2.75, 3.05) is 0 Å². The Bertz CT molecular complexity index is 66.1. The van der Waals surface area contributed by atoms with Crippen LogP contribution < -0.4 is 0 Å². The van der Waals surface area contributed by atoms with E-state index in [0.29, 0.717) is 0 Å². The van der Waals surface area contributed by atoms with E-state index < -0.39 is 0 Å². The van der Waals surface area contributed by atoms with E-state index in [2.05, 4.69) is 20.8 Å². The number of hydrogen-bond donors (Lipinski definition) is 0. The third-order valence-corrected chi connectivity index (χ3v) is 2.52. The van der Waals surface area contributed by atoms with Crippen LogP contribution in [0, 0.1) is 17.8 Å². The van der Waals surface area contributed by atoms with Crippen molar-refractivity contribution in [3.63, 3.8) is 0 Å². The summed E-state index contributed by atoms with van der Waals surface area (Å²) in [6, 6.07) is 0. The van der Waals surface area contributed by atoms with Gasteiger partial charge in [-0.1, -0.05) is 62.3 Å². The maximum absolute atomic E-state index is 2.37. The zero-order valence-electron chi connectivity index (χ0n) is 12.1. The summed E-state index contributed by atoms with van der Waals surface area (Å²) in [6.07, 6.45) is 2.92. The van der Waals surface area contributed by atoms with Crippen LogP contribution in [0.25, 0.3) is 0 Å². The topological polar surface area (TPSA) is 0 Å². The van der Waals surface area contributed by atoms with Crippen LogP contribution in [0.15, 0.2) is 0 Å². The second-order valence-electron chi connectivity index (χ2n) is 3.53. The molecule has 1 fully saturated rings. The van der Waals surface area contributed by atoms with Gasteiger partial charge in [0.25, 0.3) is 0 Å². The minimum Gasteiger partial charge on any atom is -0.0683 e. The lowest BCUT2D eigenvalue weighted by Crippen LogP contribution is -1.95. The predicted molar refractivity (Wildman–Crippen MR) is 70.8 cm³/mol. The fourth-order valence-corrected chi connectivity index (χ4v) is 1.83. The summed E-state index contributed by atoms with van der Waals surface area (Å²) >= 11 is 0. The lowest BCUT2D eigenvalue weighted by molar-refractivity contribution is 0.457. The first kappa shape index (κ1) is 19.6. The number of rotatable bonds is 0. The van der Waals surface area contributed by atoms with Gasteiger partial charge < -0.3 is 0 Å². The van der Waals surface area contributed by atoms with Crippen molar-refractivity contribution in [3.8, 4) is 0 Å². The number of hydrogen-bond acceptors (Lipinski definition) is 0. The second kappa shape index (κ2) is 15.5. The van der Waals surface area contributed by atoms with Gasteiger partial charge in [-0.05, 0) is 30.6 Å². The average Bonchev–Trinajstić information content (AvgIpc) is 2.53. The Kier molecular flexibility index (Phi) is 21.6. The van der Waals surface area contributed by atoms with Crippen LogP contribution in [0.4, 0.5) is 0 Å². The molecule has 90 valence electrons. The molecule has 0 bridgehead atoms. The first-order valence-electron chi connectivity index (χ1n) is 6.70. The maximum Gasteiger partial charge on any atom is -0.0414 e. The summed E-state index contributed by atoms with van der Waals surface area (Å²) in [5.41, 5.74) is 0. The van der Waals surface area contributed by atoms with Crippen molar-refractivity contribution in [3.05, 3.63) is 0 Å². The van der Waals surface area contributed by atoms with Gasteiger partial charge in [0.15, 0.2) is 0 Å². The van der Waals surface area contributed by atoms with E-state index in [9.17, 15) is 0 Å². The molecule has 0 aromatic rings. The van der Waals surface area contributed by atoms with Crippen LogP contribution in [-0.2, 0) is 0 Å². The lowest BCUT2D eigenvalue weighted by Gasteiger charge is -2.04. The lowest BCUT2D eigenvalue weighted by atomic mass is 10.0. The zero-order chi connectivity index (χ0) is 12.1. The fourth-order valence-electron chi connectivity index (χ4n) is 1.83. The minimum atomic E-state index is 0.991. The molecule has 1 aliphatic rings. The normalized spacial score (nSPS) is 28.5. The average molecular weight is 202 g/mol. The Morgan fingerprint density at radius 1 is 0.571 bits per heavy atom. The first-order chi connectivity index (χ1) is 6.70. The predicted octanol–water partition coefficient (Wildman–Crippen LogP) is 5.77. The third kappa shape index (κ3) is 10.1. The molecular formula is C14H34. The molecule has 0 spiro atoms. The summed E-state index contributed by atoms with van der Waals surface area (Å²) in [7, 11) is 0. The van der Waals surface area contributed by atoms with Gasteiger partial charge in [0, 0.05) is 0 Å². The Labute approximate surface area is 93.5 Å². The van der Waals surface area contributed by atoms with Crippen LogP contribution >= 0.6 is 0 Å². The van der Waals surface area contributed by atoms with Crippen LogP contribution in [0.3, 0.4) is 0 Å². The molecule has 0 saturated heterocycles. The Hall–Kier alpha value is 0. The molecule has 0 N–H and O–H groups in total. The molecule has 0 aromatic heterocycles. The highest BCUT2D eigenvalue weighted by atomic mass is 14.3. The van der Waals surface area contributed by atoms with E-state index in [1.54, 1.807) is 0 Å². The van der Waals surface area contributed by atoms with E-state index in [1.807, 2.05) is 41.5 Å². The molecule has 1 saturated carbocycles. The van der Waals surface area contributed by atoms with Gasteiger partial charge in [0.05, 0.1) is 0 Å². The van der Waals surface area contributed by atoms with Gasteiger partial charge >= 0.3 is 0 Å². The molecule has 14 heavy (non-hydrogen) atoms. The van der Waals surface area contributed by atoms with Crippen molar-refractivity contribution in [1.82, 2.24) is 0 Å². The molecular weight excluding hydrogens is 168 g/mol. The summed E-state index contributed by atoms with van der Waals surface area (Å²) < 4.78 is 0. The van der Waals surface area contributed by atoms with Gasteiger partial charge in [-0.3, -0.25) is 0 Å². The summed E-state index contributed by atoms with van der Waals surface area (Å²) in [5, 5.41) is 0. The maximum atomic E-state index is 2.37. The second-order valence-corrected chi connectivity index (χ2v) is 3.53. The van der Waals surface area contributed by atoms with Gasteiger partial charge in [0.1, 0.15) is 0 Å². The van der Waals surface area contributed by atoms with E-state index in [1.165, 1.54) is 12.8 Å². The standard InChI is InChI=1S/C8H16.3C2H6/c1-6-4-7(2)8(3)5-6;3*1-2/h6-8H,4-5H2,1-3H3;3*1-2H3. The molecule has 2 unspecified atom stereocenters. The Balaban J connectivity index is -0.000000174. The SMILES string of the molecule is CC.CC.CC.CC1CC(C)C(C)C1. The Morgan fingerprint density at radius 3 is 0.857 bits per heavy atom. The van der Waals surface area contributed by atoms with Crippen LogP contribution in [0.2, 0.25) is 0 Å². The van der Waals surface area contributed by atoms with Crippen molar-refractivity contribution in [2.45, 2.75) is 75.2 Å². The quantitative estimate of drug-likeness (QED) is 0.468. The van der Waals surface area contributed by atoms with E-state index in [-0.39, 0.29) is 0 Å². The molecule has 0 aromatic carbocycles. The van der Waals surface area contributed by atoms with Gasteiger partial charge in [-0.2, -0.15) is 0 Å². The van der Waals surface area contributed by atoms with E-state index in [0.717, 1.165) is 17.8 Å². The first-order valence-corrected chi connectivity index (χ1v) is 6.70. The van der Waals surface area contributed by atoms with Gasteiger partial charge in [-0.25, -0.2) is 0 Å².